The Kier molecular flexibility index (Phi) is 7.42. The van der Waals surface area contributed by atoms with Crippen LogP contribution in [0.25, 0.3) is 0 Å². The maximum absolute atomic E-state index is 5.42. The third-order valence-corrected chi connectivity index (χ3v) is 1.63. The lowest BCUT2D eigenvalue weighted by molar-refractivity contribution is 0.282. The first-order valence-corrected chi connectivity index (χ1v) is 5.42. The zero-order chi connectivity index (χ0) is 11.7. The molecule has 0 N–H and O–H groups in total. The number of hydrogen-bond acceptors (Lipinski definition) is 3. The summed E-state index contributed by atoms with van der Waals surface area (Å²) in [5.41, 5.74) is 0.937. The molecule has 3 nitrogen and oxygen atoms in total. The van der Waals surface area contributed by atoms with Gasteiger partial charge in [-0.25, -0.2) is 4.98 Å². The molecule has 0 aliphatic carbocycles. The van der Waals surface area contributed by atoms with Gasteiger partial charge in [-0.2, -0.15) is 0 Å². The minimum absolute atomic E-state index is 0.587. The number of nitrogens with zero attached hydrogens (tertiary/aromatic N) is 1. The predicted octanol–water partition coefficient (Wildman–Crippen LogP) is 3.21. The first kappa shape index (κ1) is 13.8. The molecule has 0 spiro atoms. The first-order valence-electron chi connectivity index (χ1n) is 5.42. The van der Waals surface area contributed by atoms with Gasteiger partial charge in [0.25, 0.3) is 5.88 Å². The Morgan fingerprint density at radius 3 is 2.47 bits per heavy atom. The van der Waals surface area contributed by atoms with Gasteiger partial charge in [0.15, 0.2) is 5.75 Å². The lowest BCUT2D eigenvalue weighted by atomic mass is 10.3. The summed E-state index contributed by atoms with van der Waals surface area (Å²) in [5, 5.41) is 0. The Labute approximate surface area is 92.4 Å². The van der Waals surface area contributed by atoms with Crippen molar-refractivity contribution < 1.29 is 9.47 Å². The zero-order valence-electron chi connectivity index (χ0n) is 10.3. The van der Waals surface area contributed by atoms with Gasteiger partial charge in [-0.15, -0.1) is 0 Å². The van der Waals surface area contributed by atoms with E-state index in [0.29, 0.717) is 18.2 Å². The van der Waals surface area contributed by atoms with Gasteiger partial charge in [0.1, 0.15) is 0 Å². The molecule has 1 aromatic heterocycles. The van der Waals surface area contributed by atoms with Crippen molar-refractivity contribution in [1.29, 1.82) is 0 Å². The highest BCUT2D eigenvalue weighted by molar-refractivity contribution is 5.34. The highest BCUT2D eigenvalue weighted by atomic mass is 16.5. The van der Waals surface area contributed by atoms with E-state index in [-0.39, 0.29) is 0 Å². The van der Waals surface area contributed by atoms with Crippen LogP contribution in [0.2, 0.25) is 0 Å². The van der Waals surface area contributed by atoms with Crippen LogP contribution in [0, 0.1) is 6.92 Å². The molecule has 0 atom stereocenters. The molecule has 0 bridgehead atoms. The van der Waals surface area contributed by atoms with Crippen molar-refractivity contribution >= 4 is 0 Å². The number of aryl methyl sites for hydroxylation is 1. The van der Waals surface area contributed by atoms with E-state index in [0.717, 1.165) is 12.1 Å². The number of ether oxygens (including phenoxy) is 2. The van der Waals surface area contributed by atoms with Crippen molar-refractivity contribution in [2.45, 2.75) is 34.1 Å². The third kappa shape index (κ3) is 4.68. The van der Waals surface area contributed by atoms with E-state index in [1.807, 2.05) is 32.9 Å². The maximum Gasteiger partial charge on any atom is 0.257 e. The van der Waals surface area contributed by atoms with E-state index in [2.05, 4.69) is 11.9 Å². The number of pyridine rings is 1. The van der Waals surface area contributed by atoms with Gasteiger partial charge in [-0.3, -0.25) is 0 Å². The van der Waals surface area contributed by atoms with E-state index >= 15 is 0 Å². The molecule has 1 aromatic rings. The fraction of sp³-hybridized carbons (Fsp3) is 0.583. The summed E-state index contributed by atoms with van der Waals surface area (Å²) in [5.74, 6) is 1.28. The Hall–Kier alpha value is -1.25. The third-order valence-electron chi connectivity index (χ3n) is 1.63. The van der Waals surface area contributed by atoms with Crippen LogP contribution in [-0.4, -0.2) is 18.7 Å². The monoisotopic (exact) mass is 211 g/mol. The van der Waals surface area contributed by atoms with E-state index in [1.165, 1.54) is 0 Å². The molecule has 1 rings (SSSR count). The molecule has 0 aromatic carbocycles. The summed E-state index contributed by atoms with van der Waals surface area (Å²) >= 11 is 0. The highest BCUT2D eigenvalue weighted by Gasteiger charge is 2.04. The second-order valence-electron chi connectivity index (χ2n) is 2.81. The van der Waals surface area contributed by atoms with Gasteiger partial charge < -0.3 is 9.47 Å². The summed E-state index contributed by atoms with van der Waals surface area (Å²) in [6.45, 7) is 8.66. The molecular weight excluding hydrogens is 190 g/mol. The quantitative estimate of drug-likeness (QED) is 0.766. The molecule has 0 saturated carbocycles. The van der Waals surface area contributed by atoms with Crippen LogP contribution in [0.15, 0.2) is 12.1 Å². The van der Waals surface area contributed by atoms with Gasteiger partial charge in [0, 0.05) is 5.69 Å². The van der Waals surface area contributed by atoms with E-state index in [9.17, 15) is 0 Å². The minimum Gasteiger partial charge on any atom is -0.491 e. The van der Waals surface area contributed by atoms with Crippen molar-refractivity contribution in [2.75, 3.05) is 13.7 Å². The molecule has 0 fully saturated rings. The van der Waals surface area contributed by atoms with Gasteiger partial charge in [-0.1, -0.05) is 20.8 Å². The van der Waals surface area contributed by atoms with Crippen molar-refractivity contribution in [3.05, 3.63) is 17.8 Å². The average molecular weight is 211 g/mol. The van der Waals surface area contributed by atoms with Crippen molar-refractivity contribution in [3.8, 4) is 11.6 Å². The number of hydrogen-bond donors (Lipinski definition) is 0. The molecule has 0 amide bonds. The summed E-state index contributed by atoms with van der Waals surface area (Å²) in [7, 11) is 1.62. The molecule has 0 unspecified atom stereocenters. The number of methoxy groups -OCH3 is 1. The second kappa shape index (κ2) is 8.09. The Balaban J connectivity index is 0.000000921. The van der Waals surface area contributed by atoms with Gasteiger partial charge in [0.05, 0.1) is 13.7 Å². The largest absolute Gasteiger partial charge is 0.491 e. The Morgan fingerprint density at radius 2 is 1.93 bits per heavy atom. The zero-order valence-corrected chi connectivity index (χ0v) is 10.3. The standard InChI is InChI=1S/C10H15NO2.C2H6/c1-4-7-13-10-9(12-3)6-5-8(2)11-10;1-2/h5-6H,4,7H2,1-3H3;1-2H3. The molecule has 0 aliphatic heterocycles. The topological polar surface area (TPSA) is 31.4 Å². The van der Waals surface area contributed by atoms with Gasteiger partial charge in [-0.05, 0) is 25.5 Å². The molecule has 0 radical (unpaired) electrons. The molecule has 0 saturated heterocycles. The van der Waals surface area contributed by atoms with Crippen LogP contribution < -0.4 is 9.47 Å². The van der Waals surface area contributed by atoms with E-state index < -0.39 is 0 Å². The molecule has 0 aliphatic rings. The summed E-state index contributed by atoms with van der Waals surface area (Å²) in [6.07, 6.45) is 0.971. The van der Waals surface area contributed by atoms with Crippen LogP contribution in [0.4, 0.5) is 0 Å². The number of rotatable bonds is 4. The summed E-state index contributed by atoms with van der Waals surface area (Å²) in [6, 6.07) is 3.77. The van der Waals surface area contributed by atoms with Crippen LogP contribution in [0.3, 0.4) is 0 Å². The van der Waals surface area contributed by atoms with Gasteiger partial charge in [0.2, 0.25) is 0 Å². The van der Waals surface area contributed by atoms with Crippen molar-refractivity contribution in [2.24, 2.45) is 0 Å². The average Bonchev–Trinajstić information content (AvgIpc) is 2.29. The van der Waals surface area contributed by atoms with Crippen molar-refractivity contribution in [1.82, 2.24) is 4.98 Å². The Bertz CT molecular complexity index is 274. The van der Waals surface area contributed by atoms with Crippen LogP contribution in [0.5, 0.6) is 11.6 Å². The summed E-state index contributed by atoms with van der Waals surface area (Å²) < 4.78 is 10.5. The lowest BCUT2D eigenvalue weighted by Gasteiger charge is -2.08. The van der Waals surface area contributed by atoms with E-state index in [4.69, 9.17) is 9.47 Å². The molecule has 3 heteroatoms. The molecular formula is C12H21NO2. The smallest absolute Gasteiger partial charge is 0.257 e. The van der Waals surface area contributed by atoms with Crippen LogP contribution in [-0.2, 0) is 0 Å². The normalized spacial score (nSPS) is 8.87. The maximum atomic E-state index is 5.42. The lowest BCUT2D eigenvalue weighted by Crippen LogP contribution is -2.00. The molecule has 15 heavy (non-hydrogen) atoms. The highest BCUT2D eigenvalue weighted by Crippen LogP contribution is 2.24. The second-order valence-corrected chi connectivity index (χ2v) is 2.81. The molecule has 1 heterocycles. The summed E-state index contributed by atoms with van der Waals surface area (Å²) in [4.78, 5) is 4.23. The Morgan fingerprint density at radius 1 is 1.27 bits per heavy atom. The SMILES string of the molecule is CC.CCCOc1nc(C)ccc1OC. The van der Waals surface area contributed by atoms with Crippen LogP contribution >= 0.6 is 0 Å². The van der Waals surface area contributed by atoms with E-state index in [1.54, 1.807) is 7.11 Å². The minimum atomic E-state index is 0.587. The van der Waals surface area contributed by atoms with Crippen LogP contribution in [0.1, 0.15) is 32.9 Å². The van der Waals surface area contributed by atoms with Gasteiger partial charge >= 0.3 is 0 Å². The fourth-order valence-corrected chi connectivity index (χ4v) is 0.978. The molecule has 86 valence electrons. The van der Waals surface area contributed by atoms with Crippen molar-refractivity contribution in [3.63, 3.8) is 0 Å². The first-order chi connectivity index (χ1) is 7.27. The number of aromatic nitrogens is 1. The predicted molar refractivity (Wildman–Crippen MR) is 62.7 cm³/mol. The fourth-order valence-electron chi connectivity index (χ4n) is 0.978.